The number of para-hydroxylation sites is 1. The molecule has 137 valence electrons. The molecule has 1 aliphatic carbocycles. The smallest absolute Gasteiger partial charge is 0.157 e. The van der Waals surface area contributed by atoms with E-state index in [-0.39, 0.29) is 12.0 Å². The number of aromatic amines is 1. The molecule has 4 aromatic rings. The molecule has 0 saturated heterocycles. The first-order valence-electron chi connectivity index (χ1n) is 8.99. The molecule has 0 amide bonds. The van der Waals surface area contributed by atoms with E-state index < -0.39 is 12.2 Å². The van der Waals surface area contributed by atoms with Crippen LogP contribution in [-0.4, -0.2) is 48.0 Å². The first-order chi connectivity index (χ1) is 13.1. The molecule has 1 saturated carbocycles. The zero-order valence-corrected chi connectivity index (χ0v) is 14.6. The minimum atomic E-state index is -0.862. The minimum absolute atomic E-state index is 0.200. The van der Waals surface area contributed by atoms with E-state index >= 15 is 0 Å². The Balaban J connectivity index is 1.52. The van der Waals surface area contributed by atoms with Gasteiger partial charge in [0.05, 0.1) is 17.8 Å². The van der Waals surface area contributed by atoms with Gasteiger partial charge in [0.15, 0.2) is 5.65 Å². The van der Waals surface area contributed by atoms with Crippen LogP contribution in [-0.2, 0) is 0 Å². The van der Waals surface area contributed by atoms with E-state index in [1.54, 1.807) is 10.7 Å². The number of hydrogen-bond acceptors (Lipinski definition) is 5. The van der Waals surface area contributed by atoms with Crippen molar-refractivity contribution in [3.63, 3.8) is 0 Å². The lowest BCUT2D eigenvalue weighted by Gasteiger charge is -2.19. The zero-order chi connectivity index (χ0) is 18.5. The van der Waals surface area contributed by atoms with E-state index in [0.29, 0.717) is 17.9 Å². The van der Waals surface area contributed by atoms with E-state index in [1.165, 1.54) is 0 Å². The second-order valence-corrected chi connectivity index (χ2v) is 7.13. The molecule has 3 heterocycles. The van der Waals surface area contributed by atoms with Crippen molar-refractivity contribution in [3.8, 4) is 11.4 Å². The van der Waals surface area contributed by atoms with Crippen molar-refractivity contribution in [2.24, 2.45) is 5.92 Å². The molecule has 1 aromatic carbocycles. The van der Waals surface area contributed by atoms with Gasteiger partial charge in [0.1, 0.15) is 17.6 Å². The van der Waals surface area contributed by atoms with Crippen LogP contribution in [0.25, 0.3) is 27.9 Å². The minimum Gasteiger partial charge on any atom is -0.390 e. The summed E-state index contributed by atoms with van der Waals surface area (Å²) >= 11 is 0. The average Bonchev–Trinajstić information content (AvgIpc) is 3.35. The fourth-order valence-corrected chi connectivity index (χ4v) is 3.80. The number of nitrogens with zero attached hydrogens (tertiary/aromatic N) is 3. The highest BCUT2D eigenvalue weighted by Crippen LogP contribution is 2.29. The Hall–Kier alpha value is -2.90. The number of hydrogen-bond donors (Lipinski definition) is 4. The number of benzene rings is 1. The Labute approximate surface area is 155 Å². The van der Waals surface area contributed by atoms with E-state index in [0.717, 1.165) is 22.3 Å². The van der Waals surface area contributed by atoms with Crippen LogP contribution >= 0.6 is 0 Å². The Morgan fingerprint density at radius 1 is 1.15 bits per heavy atom. The maximum absolute atomic E-state index is 10.2. The van der Waals surface area contributed by atoms with Crippen molar-refractivity contribution in [2.75, 3.05) is 5.32 Å². The first kappa shape index (κ1) is 16.3. The fourth-order valence-electron chi connectivity index (χ4n) is 3.80. The largest absolute Gasteiger partial charge is 0.390 e. The van der Waals surface area contributed by atoms with Crippen LogP contribution < -0.4 is 5.32 Å². The van der Waals surface area contributed by atoms with Crippen molar-refractivity contribution in [3.05, 3.63) is 55.6 Å². The number of anilines is 1. The number of aromatic nitrogens is 4. The number of rotatable bonds is 3. The van der Waals surface area contributed by atoms with Gasteiger partial charge in [0.25, 0.3) is 0 Å². The molecule has 4 atom stereocenters. The van der Waals surface area contributed by atoms with Crippen LogP contribution in [0.15, 0.2) is 48.7 Å². The summed E-state index contributed by atoms with van der Waals surface area (Å²) < 4.78 is 1.72. The highest BCUT2D eigenvalue weighted by molar-refractivity contribution is 5.85. The SMILES string of the molecule is [CH2][C@@H]1C[C@@H](Nc2ccnc3cc(-c4cc5ccccc5[nH]4)nn23)[C@H](O)[C@@H]1O. The maximum atomic E-state index is 10.2. The van der Waals surface area contributed by atoms with Crippen molar-refractivity contribution >= 4 is 22.4 Å². The van der Waals surface area contributed by atoms with Crippen LogP contribution in [0.5, 0.6) is 0 Å². The second kappa shape index (κ2) is 6.07. The Morgan fingerprint density at radius 2 is 2.00 bits per heavy atom. The average molecular weight is 362 g/mol. The molecule has 5 rings (SSSR count). The molecule has 0 spiro atoms. The van der Waals surface area contributed by atoms with Crippen LogP contribution in [0.2, 0.25) is 0 Å². The summed E-state index contributed by atoms with van der Waals surface area (Å²) in [4.78, 5) is 7.77. The van der Waals surface area contributed by atoms with Crippen molar-refractivity contribution in [2.45, 2.75) is 24.7 Å². The molecule has 7 nitrogen and oxygen atoms in total. The standard InChI is InChI=1S/C20H20N5O2/c1-11-8-16(20(27)19(11)26)23-17-6-7-21-18-10-15(24-25(17)18)14-9-12-4-2-3-5-13(12)22-14/h2-7,9-11,16,19-20,22-23,26-27H,1,8H2/t11-,16-,19-,20+/m1/s1. The van der Waals surface area contributed by atoms with Gasteiger partial charge in [0.2, 0.25) is 0 Å². The number of nitrogens with one attached hydrogen (secondary N) is 2. The molecule has 1 aliphatic rings. The fraction of sp³-hybridized carbons (Fsp3) is 0.250. The van der Waals surface area contributed by atoms with Gasteiger partial charge < -0.3 is 20.5 Å². The second-order valence-electron chi connectivity index (χ2n) is 7.13. The third-order valence-corrected chi connectivity index (χ3v) is 5.30. The predicted octanol–water partition coefficient (Wildman–Crippen LogP) is 2.23. The quantitative estimate of drug-likeness (QED) is 0.448. The molecular formula is C20H20N5O2. The molecule has 0 bridgehead atoms. The lowest BCUT2D eigenvalue weighted by Crippen LogP contribution is -2.35. The summed E-state index contributed by atoms with van der Waals surface area (Å²) in [5.41, 5.74) is 3.46. The van der Waals surface area contributed by atoms with E-state index in [2.05, 4.69) is 39.4 Å². The first-order valence-corrected chi connectivity index (χ1v) is 8.99. The van der Waals surface area contributed by atoms with E-state index in [4.69, 9.17) is 0 Å². The van der Waals surface area contributed by atoms with Gasteiger partial charge in [-0.2, -0.15) is 9.61 Å². The third kappa shape index (κ3) is 2.67. The van der Waals surface area contributed by atoms with Gasteiger partial charge in [-0.05, 0) is 37.5 Å². The number of fused-ring (bicyclic) bond motifs is 2. The zero-order valence-electron chi connectivity index (χ0n) is 14.6. The third-order valence-electron chi connectivity index (χ3n) is 5.30. The molecule has 4 N–H and O–H groups in total. The monoisotopic (exact) mass is 362 g/mol. The highest BCUT2D eigenvalue weighted by Gasteiger charge is 2.39. The lowest BCUT2D eigenvalue weighted by atomic mass is 10.1. The lowest BCUT2D eigenvalue weighted by molar-refractivity contribution is 0.0256. The van der Waals surface area contributed by atoms with Crippen molar-refractivity contribution in [1.29, 1.82) is 0 Å². The van der Waals surface area contributed by atoms with Gasteiger partial charge in [0, 0.05) is 23.2 Å². The molecule has 27 heavy (non-hydrogen) atoms. The summed E-state index contributed by atoms with van der Waals surface area (Å²) in [6.45, 7) is 3.90. The molecule has 3 aromatic heterocycles. The summed E-state index contributed by atoms with van der Waals surface area (Å²) in [5, 5.41) is 29.3. The Bertz CT molecular complexity index is 1080. The van der Waals surface area contributed by atoms with E-state index in [1.807, 2.05) is 30.3 Å². The van der Waals surface area contributed by atoms with Crippen LogP contribution in [0.4, 0.5) is 5.82 Å². The number of H-pyrrole nitrogens is 1. The van der Waals surface area contributed by atoms with Gasteiger partial charge >= 0.3 is 0 Å². The molecule has 1 radical (unpaired) electrons. The van der Waals surface area contributed by atoms with Crippen LogP contribution in [0.3, 0.4) is 0 Å². The number of aliphatic hydroxyl groups is 2. The molecule has 1 fully saturated rings. The number of aliphatic hydroxyl groups excluding tert-OH is 2. The van der Waals surface area contributed by atoms with Gasteiger partial charge in [-0.25, -0.2) is 4.98 Å². The maximum Gasteiger partial charge on any atom is 0.157 e. The summed E-state index contributed by atoms with van der Waals surface area (Å²) in [6, 6.07) is 13.6. The summed E-state index contributed by atoms with van der Waals surface area (Å²) in [6.07, 6.45) is 0.606. The molecule has 7 heteroatoms. The van der Waals surface area contributed by atoms with E-state index in [9.17, 15) is 10.2 Å². The van der Waals surface area contributed by atoms with Gasteiger partial charge in [-0.15, -0.1) is 0 Å². The van der Waals surface area contributed by atoms with Gasteiger partial charge in [-0.3, -0.25) is 0 Å². The van der Waals surface area contributed by atoms with Crippen LogP contribution in [0.1, 0.15) is 6.42 Å². The van der Waals surface area contributed by atoms with Gasteiger partial charge in [-0.1, -0.05) is 18.2 Å². The summed E-state index contributed by atoms with van der Waals surface area (Å²) in [5.74, 6) is 0.516. The Morgan fingerprint density at radius 3 is 2.78 bits per heavy atom. The summed E-state index contributed by atoms with van der Waals surface area (Å²) in [7, 11) is 0. The predicted molar refractivity (Wildman–Crippen MR) is 103 cm³/mol. The molecular weight excluding hydrogens is 342 g/mol. The van der Waals surface area contributed by atoms with Crippen molar-refractivity contribution < 1.29 is 10.2 Å². The highest BCUT2D eigenvalue weighted by atomic mass is 16.3. The topological polar surface area (TPSA) is 98.5 Å². The normalized spacial score (nSPS) is 25.4. The molecule has 0 aliphatic heterocycles. The van der Waals surface area contributed by atoms with Crippen molar-refractivity contribution in [1.82, 2.24) is 19.6 Å². The van der Waals surface area contributed by atoms with Crippen LogP contribution in [0, 0.1) is 12.8 Å². The Kier molecular flexibility index (Phi) is 3.66. The molecule has 0 unspecified atom stereocenters.